The number of hydrogen-bond donors (Lipinski definition) is 2. The number of allylic oxidation sites excluding steroid dienone is 22. The van der Waals surface area contributed by atoms with E-state index in [-0.39, 0.29) is 30.5 Å². The number of non-ortho nitro benzene ring substituents is 1. The fourth-order valence-corrected chi connectivity index (χ4v) is 11.6. The Balaban J connectivity index is 0.00000128. The largest absolute Gasteiger partial charge is 0.392 e. The number of ketones is 1. The van der Waals surface area contributed by atoms with Crippen LogP contribution >= 0.6 is 11.3 Å². The Kier molecular flexibility index (Phi) is 57.8. The minimum atomic E-state index is -0.456. The lowest BCUT2D eigenvalue weighted by Crippen LogP contribution is -2.07. The maximum Gasteiger partial charge on any atom is 0.269 e. The lowest BCUT2D eigenvalue weighted by Gasteiger charge is -2.21. The van der Waals surface area contributed by atoms with Crippen molar-refractivity contribution in [1.82, 2.24) is 0 Å². The standard InChI is InChI=1S/C15H24O.C14H12O.C12H14O3.C11H12O.C10H9FO.C10H9NO3.C10H16O.C9H16O.C8H8OS/c1-13(2)7-5-8-14(3)9-6-10-15(4)11-12-16;1-11(8-9-15)13-7-6-12-4-2-3-5-14(12)10-13;1-9(4-5-13)10-2-3-11(7-14)12(6-10)8-15;1-9-3-5-11(6-4-9)10(2)7-8-12;1-8(6-7-12)9-2-4-10(11)5-3-9;1-8(6-7-12)9-2-4-10(5-3-9)11(13)14;1-9(7-8-11)10-5-3-2-4-6-10;1-4-6-9(5-2)7-8(3)10;1-7(4-5-9)8-3-2-6-10-8/h7,9,11-12H,5-6,8,10H2,1-4H3;2-10H,1H3;2-6,14-15H,7-8H2,1H3;3-8H,1-2H3;2-7H,1H3;2-7H,1H3;7-8,10H,2-6H2,1H3;7H,4-6H2,1-3H3;2-6H,1H3/b14-9+,15-11?;;;;;;;;. The summed E-state index contributed by atoms with van der Waals surface area (Å²) in [6, 6.07) is 44.0. The van der Waals surface area contributed by atoms with Crippen molar-refractivity contribution in [2.24, 2.45) is 5.92 Å². The molecule has 0 bridgehead atoms. The summed E-state index contributed by atoms with van der Waals surface area (Å²) in [5.74, 6) is 0.608. The van der Waals surface area contributed by atoms with E-state index in [0.717, 1.165) is 161 Å². The lowest BCUT2D eigenvalue weighted by molar-refractivity contribution is -0.384. The molecular formula is C99H120FNO13S. The summed E-state index contributed by atoms with van der Waals surface area (Å²) < 4.78 is 12.4. The van der Waals surface area contributed by atoms with Crippen LogP contribution in [0.5, 0.6) is 0 Å². The van der Waals surface area contributed by atoms with Crippen molar-refractivity contribution in [3.05, 3.63) is 311 Å². The van der Waals surface area contributed by atoms with Crippen LogP contribution in [0.1, 0.15) is 223 Å². The highest BCUT2D eigenvalue weighted by molar-refractivity contribution is 7.11. The van der Waals surface area contributed by atoms with E-state index in [4.69, 9.17) is 10.2 Å². The van der Waals surface area contributed by atoms with Gasteiger partial charge in [-0.3, -0.25) is 53.3 Å². The summed E-state index contributed by atoms with van der Waals surface area (Å²) in [6.45, 7) is 29.4. The number of aryl methyl sites for hydroxylation is 1. The zero-order chi connectivity index (χ0) is 86.3. The van der Waals surface area contributed by atoms with Gasteiger partial charge in [0.25, 0.3) is 5.69 Å². The lowest BCUT2D eigenvalue weighted by atomic mass is 9.84. The van der Waals surface area contributed by atoms with E-state index in [9.17, 15) is 57.7 Å². The van der Waals surface area contributed by atoms with E-state index in [0.29, 0.717) is 23.3 Å². The Hall–Kier alpha value is -11.3. The molecule has 8 rings (SSSR count). The molecule has 0 aliphatic heterocycles. The first-order valence-corrected chi connectivity index (χ1v) is 39.4. The SMILES string of the molecule is CC(=CC=O)C1CCCCC1.CC(=CC=O)c1ccc(C)cc1.CC(=CC=O)c1ccc(CO)c(CO)c1.CC(=CC=O)c1ccc(F)cc1.CC(=CC=O)c1ccc([N+](=O)[O-])cc1.CC(=CC=O)c1ccc2ccccc2c1.CC(=CC=O)c1cccs1.CC(C)=CCC/C(C)=C/CCC(C)=CC=O.CCCC(=CC(C)=O)CC. The van der Waals surface area contributed by atoms with Gasteiger partial charge in [-0.2, -0.15) is 0 Å². The number of halogens is 1. The Morgan fingerprint density at radius 1 is 0.470 bits per heavy atom. The predicted molar refractivity (Wildman–Crippen MR) is 477 cm³/mol. The highest BCUT2D eigenvalue weighted by Gasteiger charge is 2.14. The number of carbonyl (C=O) groups excluding carboxylic acids is 9. The molecule has 0 unspecified atom stereocenters. The average molecular weight is 1580 g/mol. The Bertz CT molecular complexity index is 4400. The van der Waals surface area contributed by atoms with Gasteiger partial charge in [0.1, 0.15) is 56.1 Å². The van der Waals surface area contributed by atoms with Crippen LogP contribution in [-0.4, -0.2) is 71.2 Å². The number of aldehydes is 8. The fourth-order valence-electron chi connectivity index (χ4n) is 10.9. The van der Waals surface area contributed by atoms with Crippen molar-refractivity contribution in [3.8, 4) is 0 Å². The number of rotatable bonds is 28. The number of aliphatic hydroxyl groups excluding tert-OH is 2. The van der Waals surface area contributed by atoms with Crippen LogP contribution in [0.4, 0.5) is 10.1 Å². The minimum absolute atomic E-state index is 0.0488. The first kappa shape index (κ1) is 104. The second kappa shape index (κ2) is 64.1. The molecule has 0 spiro atoms. The van der Waals surface area contributed by atoms with Crippen molar-refractivity contribution in [3.63, 3.8) is 0 Å². The summed E-state index contributed by atoms with van der Waals surface area (Å²) >= 11 is 1.64. The predicted octanol–water partition coefficient (Wildman–Crippen LogP) is 24.3. The molecule has 115 heavy (non-hydrogen) atoms. The zero-order valence-electron chi connectivity index (χ0n) is 70.0. The van der Waals surface area contributed by atoms with E-state index in [2.05, 4.69) is 78.0 Å². The summed E-state index contributed by atoms with van der Waals surface area (Å²) in [7, 11) is 0. The second-order valence-corrected chi connectivity index (χ2v) is 28.3. The van der Waals surface area contributed by atoms with Gasteiger partial charge >= 0.3 is 0 Å². The number of thiophene rings is 1. The molecule has 1 aliphatic carbocycles. The number of nitro benzene ring substituents is 1. The number of aliphatic hydroxyl groups is 2. The van der Waals surface area contributed by atoms with Crippen LogP contribution in [0.25, 0.3) is 44.2 Å². The van der Waals surface area contributed by atoms with Crippen LogP contribution in [0, 0.1) is 28.8 Å². The van der Waals surface area contributed by atoms with Gasteiger partial charge in [0.2, 0.25) is 0 Å². The molecule has 6 aromatic carbocycles. The molecule has 1 heterocycles. The molecule has 1 saturated carbocycles. The molecule has 0 amide bonds. The third-order valence-electron chi connectivity index (χ3n) is 17.9. The van der Waals surface area contributed by atoms with Gasteiger partial charge in [-0.25, -0.2) is 4.39 Å². The molecule has 612 valence electrons. The number of hydrogen-bond acceptors (Lipinski definition) is 14. The van der Waals surface area contributed by atoms with Gasteiger partial charge in [0.05, 0.1) is 18.1 Å². The Labute approximate surface area is 687 Å². The number of nitro groups is 1. The van der Waals surface area contributed by atoms with Gasteiger partial charge in [-0.15, -0.1) is 11.3 Å². The summed E-state index contributed by atoms with van der Waals surface area (Å²) in [5.41, 5.74) is 19.5. The third kappa shape index (κ3) is 47.7. The van der Waals surface area contributed by atoms with E-state index in [1.165, 1.54) is 113 Å². The molecule has 1 aliphatic rings. The first-order valence-electron chi connectivity index (χ1n) is 38.5. The Morgan fingerprint density at radius 3 is 1.35 bits per heavy atom. The molecule has 16 heteroatoms. The molecule has 14 nitrogen and oxygen atoms in total. The van der Waals surface area contributed by atoms with Crippen LogP contribution in [-0.2, 0) is 56.4 Å². The van der Waals surface area contributed by atoms with Crippen LogP contribution in [0.3, 0.4) is 0 Å². The van der Waals surface area contributed by atoms with Gasteiger partial charge in [0, 0.05) is 17.0 Å². The molecule has 1 aromatic heterocycles. The monoisotopic (exact) mass is 1580 g/mol. The normalized spacial score (nSPS) is 12.6. The summed E-state index contributed by atoms with van der Waals surface area (Å²) in [5, 5.41) is 32.9. The number of fused-ring (bicyclic) bond motifs is 1. The van der Waals surface area contributed by atoms with E-state index < -0.39 is 4.92 Å². The third-order valence-corrected chi connectivity index (χ3v) is 18.9. The van der Waals surface area contributed by atoms with Crippen LogP contribution in [0.2, 0.25) is 0 Å². The number of carbonyl (C=O) groups is 9. The molecule has 2 N–H and O–H groups in total. The van der Waals surface area contributed by atoms with Crippen molar-refractivity contribution >= 4 is 117 Å². The highest BCUT2D eigenvalue weighted by atomic mass is 32.1. The molecule has 1 fully saturated rings. The summed E-state index contributed by atoms with van der Waals surface area (Å²) in [6.07, 6.45) is 39.2. The number of nitrogens with zero attached hydrogens (tertiary/aromatic N) is 1. The molecule has 0 atom stereocenters. The molecule has 0 radical (unpaired) electrons. The second-order valence-electron chi connectivity index (χ2n) is 27.4. The minimum Gasteiger partial charge on any atom is -0.392 e. The zero-order valence-corrected chi connectivity index (χ0v) is 70.8. The maximum absolute atomic E-state index is 12.4. The average Bonchev–Trinajstić information content (AvgIpc) is 1.42. The molecule has 0 saturated heterocycles. The smallest absolute Gasteiger partial charge is 0.269 e. The van der Waals surface area contributed by atoms with E-state index >= 15 is 0 Å². The van der Waals surface area contributed by atoms with E-state index in [1.807, 2.05) is 115 Å². The Morgan fingerprint density at radius 2 is 0.904 bits per heavy atom. The number of benzene rings is 6. The topological polar surface area (TPSA) is 237 Å². The van der Waals surface area contributed by atoms with Crippen LogP contribution in [0.15, 0.2) is 246 Å². The van der Waals surface area contributed by atoms with E-state index in [1.54, 1.807) is 98.0 Å². The van der Waals surface area contributed by atoms with Crippen molar-refractivity contribution in [1.29, 1.82) is 0 Å². The van der Waals surface area contributed by atoms with Crippen molar-refractivity contribution < 1.29 is 62.7 Å². The summed E-state index contributed by atoms with van der Waals surface area (Å²) in [4.78, 5) is 103. The fraction of sp³-hybridized carbons (Fsp3) is 0.303. The van der Waals surface area contributed by atoms with Gasteiger partial charge in [-0.05, 0) is 333 Å². The van der Waals surface area contributed by atoms with Gasteiger partial charge in [0.15, 0.2) is 5.78 Å². The maximum atomic E-state index is 12.4. The van der Waals surface area contributed by atoms with Crippen molar-refractivity contribution in [2.45, 2.75) is 194 Å². The van der Waals surface area contributed by atoms with Gasteiger partial charge < -0.3 is 10.2 Å². The van der Waals surface area contributed by atoms with Crippen LogP contribution < -0.4 is 0 Å². The molecule has 7 aromatic rings. The molecular weight excluding hydrogens is 1460 g/mol. The quantitative estimate of drug-likeness (QED) is 0.0153. The van der Waals surface area contributed by atoms with Gasteiger partial charge in [-0.1, -0.05) is 176 Å². The highest BCUT2D eigenvalue weighted by Crippen LogP contribution is 2.29. The first-order chi connectivity index (χ1) is 55.1. The van der Waals surface area contributed by atoms with Crippen molar-refractivity contribution in [2.75, 3.05) is 0 Å².